The van der Waals surface area contributed by atoms with E-state index in [1.807, 2.05) is 0 Å². The Morgan fingerprint density at radius 3 is 2.71 bits per heavy atom. The van der Waals surface area contributed by atoms with E-state index in [4.69, 9.17) is 5.73 Å². The standard InChI is InChI=1S/C13H18BrN3O3S/c14-11-8-9(15)3-6-12(11)21(19,20)16-7-1-2-13(18)17-10-4-5-10/h3,6,8,10,16H,1-2,4-5,7,15H2,(H,17,18). The average Bonchev–Trinajstić information content (AvgIpc) is 3.18. The molecular weight excluding hydrogens is 358 g/mol. The SMILES string of the molecule is Nc1ccc(S(=O)(=O)NCCCC(=O)NC2CC2)c(Br)c1. The van der Waals surface area contributed by atoms with Crippen LogP contribution in [0.3, 0.4) is 0 Å². The smallest absolute Gasteiger partial charge is 0.241 e. The van der Waals surface area contributed by atoms with E-state index in [1.165, 1.54) is 18.2 Å². The Kier molecular flexibility index (Phi) is 5.23. The normalized spacial score (nSPS) is 14.9. The van der Waals surface area contributed by atoms with Crippen molar-refractivity contribution in [2.45, 2.75) is 36.6 Å². The third-order valence-corrected chi connectivity index (χ3v) is 5.50. The molecule has 0 atom stereocenters. The maximum Gasteiger partial charge on any atom is 0.241 e. The van der Waals surface area contributed by atoms with Crippen LogP contribution in [0.1, 0.15) is 25.7 Å². The van der Waals surface area contributed by atoms with Crippen LogP contribution in [-0.2, 0) is 14.8 Å². The van der Waals surface area contributed by atoms with Crippen molar-refractivity contribution < 1.29 is 13.2 Å². The fourth-order valence-corrected chi connectivity index (χ4v) is 3.96. The Bertz CT molecular complexity index is 630. The fraction of sp³-hybridized carbons (Fsp3) is 0.462. The topological polar surface area (TPSA) is 101 Å². The lowest BCUT2D eigenvalue weighted by molar-refractivity contribution is -0.121. The molecule has 0 radical (unpaired) electrons. The van der Waals surface area contributed by atoms with Crippen LogP contribution in [0.2, 0.25) is 0 Å². The molecule has 0 heterocycles. The van der Waals surface area contributed by atoms with Crippen molar-refractivity contribution in [1.29, 1.82) is 0 Å². The zero-order valence-electron chi connectivity index (χ0n) is 11.4. The summed E-state index contributed by atoms with van der Waals surface area (Å²) in [5, 5.41) is 2.86. The predicted molar refractivity (Wildman–Crippen MR) is 84.1 cm³/mol. The van der Waals surface area contributed by atoms with Crippen molar-refractivity contribution in [2.24, 2.45) is 0 Å². The molecule has 1 aromatic rings. The number of benzene rings is 1. The molecule has 0 unspecified atom stereocenters. The van der Waals surface area contributed by atoms with Gasteiger partial charge in [-0.1, -0.05) is 0 Å². The molecule has 1 amide bonds. The lowest BCUT2D eigenvalue weighted by Crippen LogP contribution is -2.28. The quantitative estimate of drug-likeness (QED) is 0.494. The molecule has 116 valence electrons. The summed E-state index contributed by atoms with van der Waals surface area (Å²) in [4.78, 5) is 11.6. The van der Waals surface area contributed by atoms with Crippen LogP contribution in [0.4, 0.5) is 5.69 Å². The molecule has 0 saturated heterocycles. The fourth-order valence-electron chi connectivity index (χ4n) is 1.80. The van der Waals surface area contributed by atoms with Crippen molar-refractivity contribution in [3.8, 4) is 0 Å². The Hall–Kier alpha value is -1.12. The van der Waals surface area contributed by atoms with Crippen LogP contribution in [0.15, 0.2) is 27.6 Å². The summed E-state index contributed by atoms with van der Waals surface area (Å²) < 4.78 is 27.1. The molecule has 1 aliphatic carbocycles. The van der Waals surface area contributed by atoms with Crippen LogP contribution in [0.25, 0.3) is 0 Å². The molecule has 0 spiro atoms. The highest BCUT2D eigenvalue weighted by molar-refractivity contribution is 9.10. The first-order chi connectivity index (χ1) is 9.88. The molecule has 1 fully saturated rings. The second-order valence-corrected chi connectivity index (χ2v) is 7.62. The number of anilines is 1. The van der Waals surface area contributed by atoms with Gasteiger partial charge in [0.05, 0.1) is 4.90 Å². The number of halogens is 1. The number of hydrogen-bond donors (Lipinski definition) is 3. The van der Waals surface area contributed by atoms with Gasteiger partial charge in [0.2, 0.25) is 15.9 Å². The average molecular weight is 376 g/mol. The van der Waals surface area contributed by atoms with E-state index in [0.29, 0.717) is 29.0 Å². The van der Waals surface area contributed by atoms with Gasteiger partial charge in [-0.25, -0.2) is 13.1 Å². The molecule has 8 heteroatoms. The molecule has 0 aliphatic heterocycles. The van der Waals surface area contributed by atoms with Crippen molar-refractivity contribution in [3.63, 3.8) is 0 Å². The van der Waals surface area contributed by atoms with Crippen LogP contribution in [0, 0.1) is 0 Å². The molecule has 4 N–H and O–H groups in total. The van der Waals surface area contributed by atoms with Gasteiger partial charge in [0.25, 0.3) is 0 Å². The van der Waals surface area contributed by atoms with Crippen LogP contribution in [-0.4, -0.2) is 26.9 Å². The molecule has 2 rings (SSSR count). The number of amides is 1. The minimum Gasteiger partial charge on any atom is -0.399 e. The predicted octanol–water partition coefficient (Wildman–Crippen LogP) is 1.37. The van der Waals surface area contributed by atoms with Crippen LogP contribution in [0.5, 0.6) is 0 Å². The zero-order valence-corrected chi connectivity index (χ0v) is 13.8. The highest BCUT2D eigenvalue weighted by atomic mass is 79.9. The third-order valence-electron chi connectivity index (χ3n) is 3.06. The molecule has 0 bridgehead atoms. The van der Waals surface area contributed by atoms with Gasteiger partial charge in [0.15, 0.2) is 0 Å². The minimum absolute atomic E-state index is 0.0228. The second-order valence-electron chi connectivity index (χ2n) is 5.03. The number of nitrogens with two attached hydrogens (primary N) is 1. The summed E-state index contributed by atoms with van der Waals surface area (Å²) in [6, 6.07) is 4.85. The van der Waals surface area contributed by atoms with Gasteiger partial charge >= 0.3 is 0 Å². The van der Waals surface area contributed by atoms with Crippen molar-refractivity contribution in [3.05, 3.63) is 22.7 Å². The van der Waals surface area contributed by atoms with Crippen LogP contribution >= 0.6 is 15.9 Å². The van der Waals surface area contributed by atoms with Gasteiger partial charge in [-0.3, -0.25) is 4.79 Å². The second kappa shape index (κ2) is 6.76. The summed E-state index contributed by atoms with van der Waals surface area (Å²) in [7, 11) is -3.60. The minimum atomic E-state index is -3.60. The van der Waals surface area contributed by atoms with Gasteiger partial charge in [-0.2, -0.15) is 0 Å². The summed E-state index contributed by atoms with van der Waals surface area (Å²) in [6.45, 7) is 0.219. The molecule has 21 heavy (non-hydrogen) atoms. The van der Waals surface area contributed by atoms with Crippen molar-refractivity contribution >= 4 is 37.5 Å². The first-order valence-electron chi connectivity index (χ1n) is 6.72. The Balaban J connectivity index is 1.81. The Morgan fingerprint density at radius 2 is 2.10 bits per heavy atom. The Labute approximate surface area is 132 Å². The van der Waals surface area contributed by atoms with E-state index in [0.717, 1.165) is 12.8 Å². The van der Waals surface area contributed by atoms with Gasteiger partial charge in [-0.15, -0.1) is 0 Å². The molecule has 1 saturated carbocycles. The number of sulfonamides is 1. The highest BCUT2D eigenvalue weighted by Gasteiger charge is 2.23. The number of hydrogen-bond acceptors (Lipinski definition) is 4. The van der Waals surface area contributed by atoms with E-state index in [1.54, 1.807) is 0 Å². The summed E-state index contributed by atoms with van der Waals surface area (Å²) in [5.74, 6) is -0.0228. The highest BCUT2D eigenvalue weighted by Crippen LogP contribution is 2.24. The van der Waals surface area contributed by atoms with Crippen LogP contribution < -0.4 is 15.8 Å². The van der Waals surface area contributed by atoms with Gasteiger partial charge < -0.3 is 11.1 Å². The molecule has 1 aliphatic rings. The van der Waals surface area contributed by atoms with Gasteiger partial charge in [-0.05, 0) is 53.4 Å². The van der Waals surface area contributed by atoms with Gasteiger partial charge in [0.1, 0.15) is 0 Å². The maximum atomic E-state index is 12.1. The molecule has 0 aromatic heterocycles. The van der Waals surface area contributed by atoms with E-state index in [9.17, 15) is 13.2 Å². The number of nitrogens with one attached hydrogen (secondary N) is 2. The lowest BCUT2D eigenvalue weighted by Gasteiger charge is -2.09. The summed E-state index contributed by atoms with van der Waals surface area (Å²) >= 11 is 3.19. The molecule has 1 aromatic carbocycles. The number of nitrogen functional groups attached to an aromatic ring is 1. The summed E-state index contributed by atoms with van der Waals surface area (Å²) in [6.07, 6.45) is 2.87. The number of carbonyl (C=O) groups excluding carboxylic acids is 1. The first kappa shape index (κ1) is 16.3. The van der Waals surface area contributed by atoms with Crippen molar-refractivity contribution in [1.82, 2.24) is 10.0 Å². The van der Waals surface area contributed by atoms with E-state index in [2.05, 4.69) is 26.0 Å². The monoisotopic (exact) mass is 375 g/mol. The molecule has 6 nitrogen and oxygen atoms in total. The maximum absolute atomic E-state index is 12.1. The first-order valence-corrected chi connectivity index (χ1v) is 9.00. The Morgan fingerprint density at radius 1 is 1.38 bits per heavy atom. The lowest BCUT2D eigenvalue weighted by atomic mass is 10.3. The van der Waals surface area contributed by atoms with E-state index >= 15 is 0 Å². The van der Waals surface area contributed by atoms with Gasteiger partial charge in [0, 0.05) is 29.2 Å². The van der Waals surface area contributed by atoms with E-state index < -0.39 is 10.0 Å². The number of rotatable bonds is 7. The third kappa shape index (κ3) is 4.98. The zero-order chi connectivity index (χ0) is 15.5. The molecular formula is C13H18BrN3O3S. The van der Waals surface area contributed by atoms with E-state index in [-0.39, 0.29) is 17.3 Å². The number of carbonyl (C=O) groups is 1. The summed E-state index contributed by atoms with van der Waals surface area (Å²) in [5.41, 5.74) is 6.06. The van der Waals surface area contributed by atoms with Crippen molar-refractivity contribution in [2.75, 3.05) is 12.3 Å². The largest absolute Gasteiger partial charge is 0.399 e.